The van der Waals surface area contributed by atoms with Gasteiger partial charge in [0.05, 0.1) is 12.0 Å². The van der Waals surface area contributed by atoms with Gasteiger partial charge in [0.1, 0.15) is 5.75 Å². The molecule has 3 heterocycles. The highest BCUT2D eigenvalue weighted by atomic mass is 32.1. The van der Waals surface area contributed by atoms with Gasteiger partial charge in [-0.15, -0.1) is 21.5 Å². The molecule has 7 heteroatoms. The molecule has 1 aromatic carbocycles. The molecule has 0 aliphatic carbocycles. The minimum atomic E-state index is 0.742. The number of ether oxygens (including phenoxy) is 1. The van der Waals surface area contributed by atoms with Crippen molar-refractivity contribution in [2.24, 2.45) is 0 Å². The summed E-state index contributed by atoms with van der Waals surface area (Å²) in [5, 5.41) is 16.1. The molecule has 5 nitrogen and oxygen atoms in total. The van der Waals surface area contributed by atoms with Gasteiger partial charge in [-0.3, -0.25) is 0 Å². The summed E-state index contributed by atoms with van der Waals surface area (Å²) in [5.41, 5.74) is 0.964. The van der Waals surface area contributed by atoms with E-state index in [1.54, 1.807) is 34.3 Å². The molecular weight excluding hydrogens is 304 g/mol. The lowest BCUT2D eigenvalue weighted by Gasteiger charge is -2.00. The van der Waals surface area contributed by atoms with Crippen molar-refractivity contribution < 1.29 is 4.74 Å². The van der Waals surface area contributed by atoms with Crippen molar-refractivity contribution in [3.8, 4) is 27.0 Å². The fourth-order valence-electron chi connectivity index (χ4n) is 2.04. The molecule has 4 aromatic rings. The third-order valence-electron chi connectivity index (χ3n) is 3.07. The van der Waals surface area contributed by atoms with Crippen LogP contribution in [0.15, 0.2) is 41.8 Å². The maximum absolute atomic E-state index is 5.17. The largest absolute Gasteiger partial charge is 0.497 e. The smallest absolute Gasteiger partial charge is 0.235 e. The molecule has 0 atom stereocenters. The van der Waals surface area contributed by atoms with Crippen molar-refractivity contribution in [3.05, 3.63) is 41.8 Å². The lowest BCUT2D eigenvalue weighted by atomic mass is 10.2. The molecule has 0 spiro atoms. The normalized spacial score (nSPS) is 11.1. The Morgan fingerprint density at radius 1 is 1.10 bits per heavy atom. The second kappa shape index (κ2) is 4.94. The first-order valence-electron chi connectivity index (χ1n) is 6.26. The van der Waals surface area contributed by atoms with Gasteiger partial charge in [0.25, 0.3) is 0 Å². The second-order valence-electron chi connectivity index (χ2n) is 4.33. The van der Waals surface area contributed by atoms with E-state index < -0.39 is 0 Å². The van der Waals surface area contributed by atoms with E-state index in [1.165, 1.54) is 0 Å². The Morgan fingerprint density at radius 3 is 2.67 bits per heavy atom. The number of thiophene rings is 1. The zero-order valence-corrected chi connectivity index (χ0v) is 12.7. The Bertz CT molecular complexity index is 878. The summed E-state index contributed by atoms with van der Waals surface area (Å²) in [6.45, 7) is 0. The van der Waals surface area contributed by atoms with Gasteiger partial charge in [-0.1, -0.05) is 17.4 Å². The van der Waals surface area contributed by atoms with E-state index in [4.69, 9.17) is 4.74 Å². The molecule has 0 bridgehead atoms. The first-order chi connectivity index (χ1) is 10.3. The highest BCUT2D eigenvalue weighted by molar-refractivity contribution is 7.23. The van der Waals surface area contributed by atoms with E-state index in [9.17, 15) is 0 Å². The standard InChI is InChI=1S/C14H10N4OS2/c1-19-10-6-4-9(5-7-10)12-15-16-14-18(12)17-13(21-14)11-3-2-8-20-11/h2-8H,1H3. The second-order valence-corrected chi connectivity index (χ2v) is 6.23. The van der Waals surface area contributed by atoms with E-state index in [1.807, 2.05) is 35.7 Å². The van der Waals surface area contributed by atoms with Gasteiger partial charge in [-0.05, 0) is 35.7 Å². The van der Waals surface area contributed by atoms with Crippen molar-refractivity contribution in [3.63, 3.8) is 0 Å². The van der Waals surface area contributed by atoms with Crippen LogP contribution in [-0.2, 0) is 0 Å². The number of fused-ring (bicyclic) bond motifs is 1. The van der Waals surface area contributed by atoms with Gasteiger partial charge in [-0.25, -0.2) is 0 Å². The monoisotopic (exact) mass is 314 g/mol. The number of benzene rings is 1. The van der Waals surface area contributed by atoms with E-state index in [-0.39, 0.29) is 0 Å². The molecule has 21 heavy (non-hydrogen) atoms. The van der Waals surface area contributed by atoms with Crippen LogP contribution in [0, 0.1) is 0 Å². The summed E-state index contributed by atoms with van der Waals surface area (Å²) in [5.74, 6) is 1.56. The summed E-state index contributed by atoms with van der Waals surface area (Å²) in [6.07, 6.45) is 0. The van der Waals surface area contributed by atoms with Crippen LogP contribution in [0.5, 0.6) is 5.75 Å². The molecule has 0 unspecified atom stereocenters. The third kappa shape index (κ3) is 2.10. The van der Waals surface area contributed by atoms with Crippen LogP contribution in [0.4, 0.5) is 0 Å². The van der Waals surface area contributed by atoms with E-state index in [0.717, 1.165) is 32.0 Å². The Labute approximate surface area is 128 Å². The van der Waals surface area contributed by atoms with Crippen LogP contribution in [-0.4, -0.2) is 26.9 Å². The van der Waals surface area contributed by atoms with Gasteiger partial charge >= 0.3 is 0 Å². The molecule has 0 aliphatic heterocycles. The molecule has 3 aromatic heterocycles. The number of rotatable bonds is 3. The molecule has 4 rings (SSSR count). The molecule has 0 saturated carbocycles. The fourth-order valence-corrected chi connectivity index (χ4v) is 3.67. The zero-order chi connectivity index (χ0) is 14.2. The summed E-state index contributed by atoms with van der Waals surface area (Å²) < 4.78 is 6.97. The molecule has 0 amide bonds. The maximum Gasteiger partial charge on any atom is 0.235 e. The first kappa shape index (κ1) is 12.5. The zero-order valence-electron chi connectivity index (χ0n) is 11.1. The van der Waals surface area contributed by atoms with Crippen LogP contribution < -0.4 is 4.74 Å². The molecule has 0 N–H and O–H groups in total. The minimum Gasteiger partial charge on any atom is -0.497 e. The average Bonchev–Trinajstić information content (AvgIpc) is 3.23. The van der Waals surface area contributed by atoms with Gasteiger partial charge < -0.3 is 4.74 Å². The fraction of sp³-hybridized carbons (Fsp3) is 0.0714. The number of nitrogens with zero attached hydrogens (tertiary/aromatic N) is 4. The Hall–Kier alpha value is -2.25. The van der Waals surface area contributed by atoms with E-state index in [2.05, 4.69) is 21.4 Å². The molecule has 0 aliphatic rings. The van der Waals surface area contributed by atoms with Crippen LogP contribution in [0.2, 0.25) is 0 Å². The van der Waals surface area contributed by atoms with Gasteiger partial charge in [0.15, 0.2) is 10.8 Å². The molecule has 0 saturated heterocycles. The van der Waals surface area contributed by atoms with Crippen LogP contribution in [0.1, 0.15) is 0 Å². The lowest BCUT2D eigenvalue weighted by Crippen LogP contribution is -1.91. The number of hydrogen-bond donors (Lipinski definition) is 0. The Kier molecular flexibility index (Phi) is 2.94. The molecule has 104 valence electrons. The SMILES string of the molecule is COc1ccc(-c2nnc3sc(-c4cccs4)nn23)cc1. The Morgan fingerprint density at radius 2 is 1.95 bits per heavy atom. The first-order valence-corrected chi connectivity index (χ1v) is 7.95. The summed E-state index contributed by atoms with van der Waals surface area (Å²) in [7, 11) is 1.65. The highest BCUT2D eigenvalue weighted by Crippen LogP contribution is 2.30. The number of methoxy groups -OCH3 is 1. The van der Waals surface area contributed by atoms with Crippen molar-refractivity contribution >= 4 is 27.6 Å². The van der Waals surface area contributed by atoms with Crippen molar-refractivity contribution in [1.82, 2.24) is 19.8 Å². The quantitative estimate of drug-likeness (QED) is 0.580. The molecule has 0 radical (unpaired) electrons. The van der Waals surface area contributed by atoms with Crippen LogP contribution in [0.3, 0.4) is 0 Å². The van der Waals surface area contributed by atoms with Crippen molar-refractivity contribution in [2.75, 3.05) is 7.11 Å². The molecule has 0 fully saturated rings. The number of aromatic nitrogens is 4. The van der Waals surface area contributed by atoms with Gasteiger partial charge in [0, 0.05) is 5.56 Å². The third-order valence-corrected chi connectivity index (χ3v) is 5.01. The Balaban J connectivity index is 1.81. The predicted octanol–water partition coefficient (Wildman–Crippen LogP) is 3.59. The summed E-state index contributed by atoms with van der Waals surface area (Å²) in [4.78, 5) is 1.94. The highest BCUT2D eigenvalue weighted by Gasteiger charge is 2.14. The van der Waals surface area contributed by atoms with Crippen molar-refractivity contribution in [1.29, 1.82) is 0 Å². The van der Waals surface area contributed by atoms with Gasteiger partial charge in [-0.2, -0.15) is 9.61 Å². The van der Waals surface area contributed by atoms with Crippen molar-refractivity contribution in [2.45, 2.75) is 0 Å². The van der Waals surface area contributed by atoms with E-state index >= 15 is 0 Å². The van der Waals surface area contributed by atoms with Crippen LogP contribution in [0.25, 0.3) is 26.2 Å². The number of hydrogen-bond acceptors (Lipinski definition) is 6. The summed E-state index contributed by atoms with van der Waals surface area (Å²) in [6, 6.07) is 11.8. The molecular formula is C14H10N4OS2. The topological polar surface area (TPSA) is 52.3 Å². The van der Waals surface area contributed by atoms with E-state index in [0.29, 0.717) is 0 Å². The van der Waals surface area contributed by atoms with Gasteiger partial charge in [0.2, 0.25) is 4.96 Å². The predicted molar refractivity (Wildman–Crippen MR) is 84.0 cm³/mol. The summed E-state index contributed by atoms with van der Waals surface area (Å²) >= 11 is 3.21. The minimum absolute atomic E-state index is 0.742. The lowest BCUT2D eigenvalue weighted by molar-refractivity contribution is 0.415. The average molecular weight is 314 g/mol. The van der Waals surface area contributed by atoms with Crippen LogP contribution >= 0.6 is 22.7 Å². The maximum atomic E-state index is 5.17.